The van der Waals surface area contributed by atoms with Crippen molar-refractivity contribution in [3.63, 3.8) is 0 Å². The van der Waals surface area contributed by atoms with Crippen molar-refractivity contribution in [3.8, 4) is 23.6 Å². The second-order valence-corrected chi connectivity index (χ2v) is 7.04. The van der Waals surface area contributed by atoms with Crippen molar-refractivity contribution >= 4 is 22.5 Å². The molecule has 0 radical (unpaired) electrons. The molecule has 1 amide bonds. The third-order valence-electron chi connectivity index (χ3n) is 5.11. The summed E-state index contributed by atoms with van der Waals surface area (Å²) in [6, 6.07) is 12.3. The number of amides is 1. The zero-order chi connectivity index (χ0) is 21.3. The van der Waals surface area contributed by atoms with Gasteiger partial charge < -0.3 is 10.2 Å². The van der Waals surface area contributed by atoms with Gasteiger partial charge >= 0.3 is 6.18 Å². The van der Waals surface area contributed by atoms with Gasteiger partial charge in [0.25, 0.3) is 5.91 Å². The van der Waals surface area contributed by atoms with E-state index in [0.29, 0.717) is 30.2 Å². The molecule has 5 nitrogen and oxygen atoms in total. The first-order chi connectivity index (χ1) is 14.4. The number of carbonyl (C=O) groups is 1. The zero-order valence-corrected chi connectivity index (χ0v) is 15.8. The Balaban J connectivity index is 1.64. The fraction of sp³-hybridized carbons (Fsp3) is 0.227. The number of rotatable bonds is 3. The Morgan fingerprint density at radius 1 is 1.10 bits per heavy atom. The van der Waals surface area contributed by atoms with Gasteiger partial charge in [-0.25, -0.2) is 0 Å². The Kier molecular flexibility index (Phi) is 5.04. The number of halogens is 3. The van der Waals surface area contributed by atoms with E-state index in [4.69, 9.17) is 6.42 Å². The van der Waals surface area contributed by atoms with Crippen LogP contribution in [0.3, 0.4) is 0 Å². The molecule has 152 valence electrons. The highest BCUT2D eigenvalue weighted by Crippen LogP contribution is 2.33. The molecule has 0 aliphatic carbocycles. The number of benzene rings is 2. The van der Waals surface area contributed by atoms with Crippen molar-refractivity contribution in [2.45, 2.75) is 18.6 Å². The summed E-state index contributed by atoms with van der Waals surface area (Å²) in [4.78, 5) is 13.3. The Hall–Kier alpha value is -3.60. The van der Waals surface area contributed by atoms with E-state index in [2.05, 4.69) is 21.4 Å². The first-order valence-corrected chi connectivity index (χ1v) is 9.32. The molecule has 8 heteroatoms. The van der Waals surface area contributed by atoms with Crippen molar-refractivity contribution in [2.75, 3.05) is 18.4 Å². The lowest BCUT2D eigenvalue weighted by Crippen LogP contribution is -2.30. The van der Waals surface area contributed by atoms with Gasteiger partial charge in [0.15, 0.2) is 5.82 Å². The number of hydrogen-bond donors (Lipinski definition) is 1. The van der Waals surface area contributed by atoms with Crippen LogP contribution in [0.25, 0.3) is 22.0 Å². The summed E-state index contributed by atoms with van der Waals surface area (Å²) in [5.74, 6) is 2.34. The fourth-order valence-electron chi connectivity index (χ4n) is 3.59. The number of nitrogens with one attached hydrogen (secondary N) is 1. The summed E-state index contributed by atoms with van der Waals surface area (Å²) in [6.07, 6.45) is 1.52. The van der Waals surface area contributed by atoms with E-state index in [9.17, 15) is 18.0 Å². The van der Waals surface area contributed by atoms with Gasteiger partial charge in [-0.05, 0) is 24.5 Å². The molecule has 2 aromatic carbocycles. The van der Waals surface area contributed by atoms with Crippen LogP contribution in [0.5, 0.6) is 0 Å². The molecule has 1 fully saturated rings. The molecule has 4 rings (SSSR count). The Morgan fingerprint density at radius 2 is 1.80 bits per heavy atom. The van der Waals surface area contributed by atoms with E-state index in [1.165, 1.54) is 12.1 Å². The molecule has 1 atom stereocenters. The van der Waals surface area contributed by atoms with Gasteiger partial charge in [-0.1, -0.05) is 36.4 Å². The van der Waals surface area contributed by atoms with Gasteiger partial charge in [0, 0.05) is 35.5 Å². The fourth-order valence-corrected chi connectivity index (χ4v) is 3.59. The summed E-state index contributed by atoms with van der Waals surface area (Å²) in [5, 5.41) is 13.4. The van der Waals surface area contributed by atoms with Gasteiger partial charge in [0.1, 0.15) is 5.69 Å². The van der Waals surface area contributed by atoms with Crippen LogP contribution in [0.4, 0.5) is 19.0 Å². The number of anilines is 1. The highest BCUT2D eigenvalue weighted by Gasteiger charge is 2.30. The number of aromatic nitrogens is 2. The summed E-state index contributed by atoms with van der Waals surface area (Å²) in [6.45, 7) is 1.04. The van der Waals surface area contributed by atoms with Gasteiger partial charge in [-0.15, -0.1) is 16.6 Å². The number of hydrogen-bond acceptors (Lipinski definition) is 4. The third kappa shape index (κ3) is 3.79. The Morgan fingerprint density at radius 3 is 2.47 bits per heavy atom. The number of terminal acetylenes is 1. The first kappa shape index (κ1) is 19.7. The van der Waals surface area contributed by atoms with Gasteiger partial charge in [-0.3, -0.25) is 4.79 Å². The lowest BCUT2D eigenvalue weighted by molar-refractivity contribution is -0.137. The lowest BCUT2D eigenvalue weighted by atomic mass is 10.0. The molecule has 1 N–H and O–H groups in total. The number of likely N-dealkylation sites (tertiary alicyclic amines) is 1. The lowest BCUT2D eigenvalue weighted by Gasteiger charge is -2.17. The SMILES string of the molecule is C#CC(=O)N1CCC(Nc2nnc(-c3ccc(C(F)(F)F)cc3)c3ccccc23)C1. The van der Waals surface area contributed by atoms with Crippen LogP contribution in [-0.2, 0) is 11.0 Å². The maximum absolute atomic E-state index is 12.9. The monoisotopic (exact) mass is 410 g/mol. The van der Waals surface area contributed by atoms with Gasteiger partial charge in [0.2, 0.25) is 0 Å². The molecule has 1 saturated heterocycles. The maximum atomic E-state index is 12.9. The molecule has 1 unspecified atom stereocenters. The molecule has 1 aliphatic heterocycles. The molecule has 1 aromatic heterocycles. The molecule has 0 saturated carbocycles. The van der Waals surface area contributed by atoms with Crippen molar-refractivity contribution in [2.24, 2.45) is 0 Å². The summed E-state index contributed by atoms with van der Waals surface area (Å²) < 4.78 is 38.6. The first-order valence-electron chi connectivity index (χ1n) is 9.32. The molecule has 30 heavy (non-hydrogen) atoms. The van der Waals surface area contributed by atoms with Gasteiger partial charge in [0.05, 0.1) is 5.56 Å². The van der Waals surface area contributed by atoms with Crippen LogP contribution >= 0.6 is 0 Å². The van der Waals surface area contributed by atoms with E-state index in [1.807, 2.05) is 24.3 Å². The second-order valence-electron chi connectivity index (χ2n) is 7.04. The van der Waals surface area contributed by atoms with Crippen LogP contribution in [0.2, 0.25) is 0 Å². The average Bonchev–Trinajstić information content (AvgIpc) is 3.21. The molecule has 2 heterocycles. The van der Waals surface area contributed by atoms with Crippen LogP contribution in [0, 0.1) is 12.3 Å². The number of carbonyl (C=O) groups excluding carboxylic acids is 1. The minimum Gasteiger partial charge on any atom is -0.363 e. The van der Waals surface area contributed by atoms with Crippen LogP contribution in [0.1, 0.15) is 12.0 Å². The van der Waals surface area contributed by atoms with Crippen LogP contribution in [-0.4, -0.2) is 40.1 Å². The molecule has 0 bridgehead atoms. The zero-order valence-electron chi connectivity index (χ0n) is 15.8. The predicted octanol–water partition coefficient (Wildman–Crippen LogP) is 3.96. The van der Waals surface area contributed by atoms with E-state index >= 15 is 0 Å². The van der Waals surface area contributed by atoms with E-state index in [0.717, 1.165) is 29.3 Å². The summed E-state index contributed by atoms with van der Waals surface area (Å²) in [5.41, 5.74) is 0.333. The van der Waals surface area contributed by atoms with E-state index < -0.39 is 11.7 Å². The normalized spacial score (nSPS) is 16.5. The van der Waals surface area contributed by atoms with Gasteiger partial charge in [-0.2, -0.15) is 13.2 Å². The van der Waals surface area contributed by atoms with Crippen LogP contribution < -0.4 is 5.32 Å². The van der Waals surface area contributed by atoms with Crippen molar-refractivity contribution < 1.29 is 18.0 Å². The van der Waals surface area contributed by atoms with Crippen LogP contribution in [0.15, 0.2) is 48.5 Å². The van der Waals surface area contributed by atoms with E-state index in [1.54, 1.807) is 4.90 Å². The largest absolute Gasteiger partial charge is 0.416 e. The average molecular weight is 410 g/mol. The minimum absolute atomic E-state index is 0.0167. The van der Waals surface area contributed by atoms with Crippen molar-refractivity contribution in [1.82, 2.24) is 15.1 Å². The molecular formula is C22H17F3N4O. The Bertz CT molecular complexity index is 1140. The molecule has 1 aliphatic rings. The summed E-state index contributed by atoms with van der Waals surface area (Å²) >= 11 is 0. The highest BCUT2D eigenvalue weighted by molar-refractivity contribution is 6.00. The number of fused-ring (bicyclic) bond motifs is 1. The Labute approximate surface area is 170 Å². The molecular weight excluding hydrogens is 393 g/mol. The number of nitrogens with zero attached hydrogens (tertiary/aromatic N) is 3. The quantitative estimate of drug-likeness (QED) is 0.664. The third-order valence-corrected chi connectivity index (χ3v) is 5.11. The minimum atomic E-state index is -4.39. The smallest absolute Gasteiger partial charge is 0.363 e. The number of alkyl halides is 3. The van der Waals surface area contributed by atoms with E-state index in [-0.39, 0.29) is 11.9 Å². The standard InChI is InChI=1S/C22H17F3N4O/c1-2-19(30)29-12-11-16(13-29)26-21-18-6-4-3-5-17(18)20(27-28-21)14-7-9-15(10-8-14)22(23,24)25/h1,3-10,16H,11-13H2,(H,26,28). The maximum Gasteiger partial charge on any atom is 0.416 e. The topological polar surface area (TPSA) is 58.1 Å². The summed E-state index contributed by atoms with van der Waals surface area (Å²) in [7, 11) is 0. The van der Waals surface area contributed by atoms with Crippen molar-refractivity contribution in [1.29, 1.82) is 0 Å². The second kappa shape index (κ2) is 7.67. The highest BCUT2D eigenvalue weighted by atomic mass is 19.4. The molecule has 0 spiro atoms. The van der Waals surface area contributed by atoms with Crippen molar-refractivity contribution in [3.05, 3.63) is 54.1 Å². The molecule has 3 aromatic rings. The predicted molar refractivity (Wildman–Crippen MR) is 107 cm³/mol.